The van der Waals surface area contributed by atoms with E-state index in [4.69, 9.17) is 5.26 Å². The molecular weight excluding hydrogens is 222 g/mol. The Balaban J connectivity index is 2.39. The number of aryl methyl sites for hydroxylation is 1. The normalized spacial score (nSPS) is 10.4. The fourth-order valence-electron chi connectivity index (χ4n) is 2.17. The number of benzene rings is 1. The molecule has 0 amide bonds. The summed E-state index contributed by atoms with van der Waals surface area (Å²) in [5.41, 5.74) is 3.52. The minimum absolute atomic E-state index is 0.630. The lowest BCUT2D eigenvalue weighted by molar-refractivity contribution is 1.05. The van der Waals surface area contributed by atoms with Gasteiger partial charge in [0.25, 0.3) is 0 Å². The lowest BCUT2D eigenvalue weighted by Crippen LogP contribution is -1.98. The predicted octanol–water partition coefficient (Wildman–Crippen LogP) is 3.21. The summed E-state index contributed by atoms with van der Waals surface area (Å²) in [6.45, 7) is 1.96. The van der Waals surface area contributed by atoms with E-state index in [2.05, 4.69) is 11.1 Å². The Bertz CT molecular complexity index is 763. The largest absolute Gasteiger partial charge is 0.308 e. The van der Waals surface area contributed by atoms with Gasteiger partial charge in [0.15, 0.2) is 0 Å². The summed E-state index contributed by atoms with van der Waals surface area (Å²) < 4.78 is 1.90. The van der Waals surface area contributed by atoms with Crippen LogP contribution in [-0.4, -0.2) is 9.55 Å². The zero-order valence-corrected chi connectivity index (χ0v) is 9.96. The van der Waals surface area contributed by atoms with Gasteiger partial charge >= 0.3 is 0 Å². The van der Waals surface area contributed by atoms with Gasteiger partial charge in [-0.15, -0.1) is 0 Å². The number of hydrogen-bond acceptors (Lipinski definition) is 2. The second-order valence-corrected chi connectivity index (χ2v) is 4.18. The smallest absolute Gasteiger partial charge is 0.124 e. The predicted molar refractivity (Wildman–Crippen MR) is 70.5 cm³/mol. The number of aromatic nitrogens is 2. The Morgan fingerprint density at radius 1 is 1.17 bits per heavy atom. The van der Waals surface area contributed by atoms with Crippen LogP contribution in [0.3, 0.4) is 0 Å². The van der Waals surface area contributed by atoms with Crippen molar-refractivity contribution in [3.63, 3.8) is 0 Å². The van der Waals surface area contributed by atoms with Gasteiger partial charge in [-0.1, -0.05) is 18.2 Å². The second kappa shape index (κ2) is 4.01. The van der Waals surface area contributed by atoms with E-state index in [0.717, 1.165) is 22.3 Å². The van der Waals surface area contributed by atoms with Gasteiger partial charge < -0.3 is 4.57 Å². The van der Waals surface area contributed by atoms with Gasteiger partial charge in [0.05, 0.1) is 11.2 Å². The van der Waals surface area contributed by atoms with E-state index < -0.39 is 0 Å². The number of pyridine rings is 1. The first-order valence-electron chi connectivity index (χ1n) is 5.74. The molecule has 0 saturated heterocycles. The second-order valence-electron chi connectivity index (χ2n) is 4.18. The molecule has 3 nitrogen and oxygen atoms in total. The average Bonchev–Trinajstić information content (AvgIpc) is 2.85. The lowest BCUT2D eigenvalue weighted by Gasteiger charge is -2.10. The van der Waals surface area contributed by atoms with Crippen LogP contribution in [0, 0.1) is 18.3 Å². The van der Waals surface area contributed by atoms with Crippen molar-refractivity contribution >= 4 is 10.9 Å². The SMILES string of the molecule is Cc1cc(-n2cccc2C#N)c2ccccc2n1. The minimum atomic E-state index is 0.630. The summed E-state index contributed by atoms with van der Waals surface area (Å²) in [6, 6.07) is 15.9. The highest BCUT2D eigenvalue weighted by molar-refractivity contribution is 5.87. The molecule has 0 saturated carbocycles. The van der Waals surface area contributed by atoms with Crippen LogP contribution in [0.1, 0.15) is 11.4 Å². The van der Waals surface area contributed by atoms with Crippen molar-refractivity contribution in [2.24, 2.45) is 0 Å². The Labute approximate surface area is 105 Å². The number of rotatable bonds is 1. The van der Waals surface area contributed by atoms with Gasteiger partial charge in [-0.3, -0.25) is 4.98 Å². The highest BCUT2D eigenvalue weighted by Gasteiger charge is 2.08. The Hall–Kier alpha value is -2.60. The lowest BCUT2D eigenvalue weighted by atomic mass is 10.1. The van der Waals surface area contributed by atoms with Crippen molar-refractivity contribution in [1.29, 1.82) is 5.26 Å². The van der Waals surface area contributed by atoms with Gasteiger partial charge in [0.2, 0.25) is 0 Å². The van der Waals surface area contributed by atoms with Crippen molar-refractivity contribution in [2.75, 3.05) is 0 Å². The van der Waals surface area contributed by atoms with Crippen LogP contribution >= 0.6 is 0 Å². The van der Waals surface area contributed by atoms with Gasteiger partial charge in [-0.05, 0) is 31.2 Å². The van der Waals surface area contributed by atoms with E-state index in [1.54, 1.807) is 0 Å². The number of para-hydroxylation sites is 1. The highest BCUT2D eigenvalue weighted by Crippen LogP contribution is 2.23. The fraction of sp³-hybridized carbons (Fsp3) is 0.0667. The molecule has 0 bridgehead atoms. The molecule has 0 aliphatic carbocycles. The van der Waals surface area contributed by atoms with Crippen molar-refractivity contribution < 1.29 is 0 Å². The van der Waals surface area contributed by atoms with E-state index in [1.165, 1.54) is 0 Å². The van der Waals surface area contributed by atoms with Gasteiger partial charge in [-0.2, -0.15) is 5.26 Å². The molecule has 18 heavy (non-hydrogen) atoms. The summed E-state index contributed by atoms with van der Waals surface area (Å²) in [5, 5.41) is 10.2. The van der Waals surface area contributed by atoms with Crippen molar-refractivity contribution in [3.05, 3.63) is 60.0 Å². The molecule has 3 aromatic rings. The molecule has 0 N–H and O–H groups in total. The van der Waals surface area contributed by atoms with Crippen LogP contribution in [0.2, 0.25) is 0 Å². The topological polar surface area (TPSA) is 41.6 Å². The molecular formula is C15H11N3. The molecule has 2 heterocycles. The molecule has 0 unspecified atom stereocenters. The Kier molecular flexibility index (Phi) is 2.35. The molecule has 1 aromatic carbocycles. The third-order valence-corrected chi connectivity index (χ3v) is 2.95. The Morgan fingerprint density at radius 2 is 2.00 bits per heavy atom. The minimum Gasteiger partial charge on any atom is -0.308 e. The first-order chi connectivity index (χ1) is 8.79. The third kappa shape index (κ3) is 1.56. The van der Waals surface area contributed by atoms with Gasteiger partial charge in [-0.25, -0.2) is 0 Å². The van der Waals surface area contributed by atoms with Crippen molar-refractivity contribution in [2.45, 2.75) is 6.92 Å². The molecule has 3 heteroatoms. The monoisotopic (exact) mass is 233 g/mol. The van der Waals surface area contributed by atoms with Crippen LogP contribution in [-0.2, 0) is 0 Å². The zero-order valence-electron chi connectivity index (χ0n) is 9.96. The van der Waals surface area contributed by atoms with E-state index in [0.29, 0.717) is 5.69 Å². The number of nitriles is 1. The number of fused-ring (bicyclic) bond motifs is 1. The maximum atomic E-state index is 9.12. The third-order valence-electron chi connectivity index (χ3n) is 2.95. The first kappa shape index (κ1) is 10.5. The standard InChI is InChI=1S/C15H11N3/c1-11-9-15(18-8-4-5-12(18)10-16)13-6-2-3-7-14(13)17-11/h2-9H,1H3. The van der Waals surface area contributed by atoms with Crippen LogP contribution < -0.4 is 0 Å². The molecule has 2 aromatic heterocycles. The van der Waals surface area contributed by atoms with E-state index in [9.17, 15) is 0 Å². The summed E-state index contributed by atoms with van der Waals surface area (Å²) in [4.78, 5) is 4.51. The molecule has 0 spiro atoms. The fourth-order valence-corrected chi connectivity index (χ4v) is 2.17. The van der Waals surface area contributed by atoms with E-state index in [1.807, 2.05) is 60.2 Å². The maximum Gasteiger partial charge on any atom is 0.124 e. The summed E-state index contributed by atoms with van der Waals surface area (Å²) in [6.07, 6.45) is 1.90. The van der Waals surface area contributed by atoms with Gasteiger partial charge in [0.1, 0.15) is 11.8 Å². The van der Waals surface area contributed by atoms with E-state index in [-0.39, 0.29) is 0 Å². The highest BCUT2D eigenvalue weighted by atomic mass is 15.0. The quantitative estimate of drug-likeness (QED) is 0.647. The van der Waals surface area contributed by atoms with Crippen LogP contribution in [0.25, 0.3) is 16.6 Å². The summed E-state index contributed by atoms with van der Waals surface area (Å²) >= 11 is 0. The summed E-state index contributed by atoms with van der Waals surface area (Å²) in [7, 11) is 0. The molecule has 0 atom stereocenters. The van der Waals surface area contributed by atoms with Crippen LogP contribution in [0.15, 0.2) is 48.7 Å². The van der Waals surface area contributed by atoms with Crippen LogP contribution in [0.5, 0.6) is 0 Å². The molecule has 0 aliphatic rings. The number of nitrogens with zero attached hydrogens (tertiary/aromatic N) is 3. The zero-order chi connectivity index (χ0) is 12.5. The maximum absolute atomic E-state index is 9.12. The molecule has 0 radical (unpaired) electrons. The van der Waals surface area contributed by atoms with Crippen LogP contribution in [0.4, 0.5) is 0 Å². The molecule has 0 aliphatic heterocycles. The molecule has 0 fully saturated rings. The van der Waals surface area contributed by atoms with Crippen molar-refractivity contribution in [1.82, 2.24) is 9.55 Å². The number of hydrogen-bond donors (Lipinski definition) is 0. The first-order valence-corrected chi connectivity index (χ1v) is 5.74. The Morgan fingerprint density at radius 3 is 2.83 bits per heavy atom. The van der Waals surface area contributed by atoms with Crippen molar-refractivity contribution in [3.8, 4) is 11.8 Å². The molecule has 3 rings (SSSR count). The molecule has 86 valence electrons. The van der Waals surface area contributed by atoms with E-state index >= 15 is 0 Å². The van der Waals surface area contributed by atoms with Gasteiger partial charge in [0, 0.05) is 17.3 Å². The average molecular weight is 233 g/mol. The summed E-state index contributed by atoms with van der Waals surface area (Å²) in [5.74, 6) is 0.